The molecule has 4 nitrogen and oxygen atoms in total. The van der Waals surface area contributed by atoms with E-state index in [4.69, 9.17) is 9.47 Å². The van der Waals surface area contributed by atoms with Gasteiger partial charge in [-0.1, -0.05) is 6.92 Å². The fraction of sp³-hybridized carbons (Fsp3) is 0.667. The van der Waals surface area contributed by atoms with Crippen molar-refractivity contribution in [3.05, 3.63) is 28.5 Å². The van der Waals surface area contributed by atoms with E-state index in [-0.39, 0.29) is 5.60 Å². The molecule has 0 saturated carbocycles. The summed E-state index contributed by atoms with van der Waals surface area (Å²) in [4.78, 5) is 6.73. The van der Waals surface area contributed by atoms with Gasteiger partial charge in [0.2, 0.25) is 0 Å². The minimum absolute atomic E-state index is 0.0850. The molecule has 2 aliphatic heterocycles. The molecule has 110 valence electrons. The maximum atomic E-state index is 6.28. The molecule has 1 aromatic rings. The molecule has 2 aliphatic rings. The average molecular weight is 341 g/mol. The molecule has 1 spiro atoms. The number of nitrogens with zero attached hydrogens (tertiary/aromatic N) is 2. The lowest BCUT2D eigenvalue weighted by atomic mass is 9.98. The van der Waals surface area contributed by atoms with Crippen molar-refractivity contribution in [2.75, 3.05) is 26.3 Å². The van der Waals surface area contributed by atoms with E-state index in [2.05, 4.69) is 38.8 Å². The number of halogens is 1. The number of ether oxygens (including phenoxy) is 2. The van der Waals surface area contributed by atoms with Crippen LogP contribution in [-0.4, -0.2) is 47.9 Å². The molecule has 1 aromatic heterocycles. The summed E-state index contributed by atoms with van der Waals surface area (Å²) in [6.07, 6.45) is 6.14. The Morgan fingerprint density at radius 1 is 1.50 bits per heavy atom. The van der Waals surface area contributed by atoms with Crippen LogP contribution in [0.25, 0.3) is 0 Å². The van der Waals surface area contributed by atoms with Gasteiger partial charge < -0.3 is 9.47 Å². The van der Waals surface area contributed by atoms with E-state index < -0.39 is 0 Å². The van der Waals surface area contributed by atoms with Crippen LogP contribution in [0.5, 0.6) is 0 Å². The lowest BCUT2D eigenvalue weighted by Crippen LogP contribution is -2.55. The summed E-state index contributed by atoms with van der Waals surface area (Å²) in [5, 5.41) is 0. The zero-order valence-corrected chi connectivity index (χ0v) is 13.4. The van der Waals surface area contributed by atoms with E-state index in [0.717, 1.165) is 50.2 Å². The molecule has 0 aromatic carbocycles. The fourth-order valence-electron chi connectivity index (χ4n) is 3.13. The third-order valence-corrected chi connectivity index (χ3v) is 4.51. The van der Waals surface area contributed by atoms with Gasteiger partial charge in [-0.05, 0) is 34.0 Å². The number of pyridine rings is 1. The molecule has 0 aliphatic carbocycles. The van der Waals surface area contributed by atoms with E-state index in [0.29, 0.717) is 6.10 Å². The van der Waals surface area contributed by atoms with Crippen molar-refractivity contribution in [3.63, 3.8) is 0 Å². The molecule has 0 unspecified atom stereocenters. The van der Waals surface area contributed by atoms with Crippen LogP contribution in [0, 0.1) is 0 Å². The van der Waals surface area contributed by atoms with Crippen molar-refractivity contribution >= 4 is 15.9 Å². The Bertz CT molecular complexity index is 463. The third-order valence-electron chi connectivity index (χ3n) is 4.08. The Morgan fingerprint density at radius 2 is 2.40 bits per heavy atom. The summed E-state index contributed by atoms with van der Waals surface area (Å²) in [5.41, 5.74) is 1.16. The van der Waals surface area contributed by atoms with Crippen molar-refractivity contribution < 1.29 is 9.47 Å². The van der Waals surface area contributed by atoms with Gasteiger partial charge in [-0.2, -0.15) is 0 Å². The largest absolute Gasteiger partial charge is 0.378 e. The van der Waals surface area contributed by atoms with Gasteiger partial charge >= 0.3 is 0 Å². The topological polar surface area (TPSA) is 34.6 Å². The fourth-order valence-corrected chi connectivity index (χ4v) is 3.54. The molecule has 5 heteroatoms. The van der Waals surface area contributed by atoms with E-state index in [9.17, 15) is 0 Å². The summed E-state index contributed by atoms with van der Waals surface area (Å²) in [6.45, 7) is 6.62. The molecule has 3 rings (SSSR count). The Labute approximate surface area is 128 Å². The minimum atomic E-state index is -0.0850. The van der Waals surface area contributed by atoms with Gasteiger partial charge in [-0.25, -0.2) is 0 Å². The highest BCUT2D eigenvalue weighted by atomic mass is 79.9. The van der Waals surface area contributed by atoms with Crippen molar-refractivity contribution in [2.45, 2.75) is 38.0 Å². The Morgan fingerprint density at radius 3 is 3.10 bits per heavy atom. The van der Waals surface area contributed by atoms with Crippen LogP contribution in [0.3, 0.4) is 0 Å². The van der Waals surface area contributed by atoms with E-state index >= 15 is 0 Å². The number of hydrogen-bond donors (Lipinski definition) is 0. The predicted octanol–water partition coefficient (Wildman–Crippen LogP) is 2.61. The summed E-state index contributed by atoms with van der Waals surface area (Å²) >= 11 is 3.49. The summed E-state index contributed by atoms with van der Waals surface area (Å²) in [6, 6.07) is 2.14. The van der Waals surface area contributed by atoms with Crippen LogP contribution in [-0.2, 0) is 16.0 Å². The summed E-state index contributed by atoms with van der Waals surface area (Å²) < 4.78 is 12.9. The van der Waals surface area contributed by atoms with Crippen molar-refractivity contribution in [1.29, 1.82) is 0 Å². The Balaban J connectivity index is 1.71. The smallest absolute Gasteiger partial charge is 0.107 e. The Kier molecular flexibility index (Phi) is 4.40. The first-order chi connectivity index (χ1) is 9.69. The lowest BCUT2D eigenvalue weighted by Gasteiger charge is -2.43. The molecule has 0 N–H and O–H groups in total. The first-order valence-corrected chi connectivity index (χ1v) is 8.06. The first kappa shape index (κ1) is 14.4. The lowest BCUT2D eigenvalue weighted by molar-refractivity contribution is -0.156. The van der Waals surface area contributed by atoms with Gasteiger partial charge in [0.25, 0.3) is 0 Å². The van der Waals surface area contributed by atoms with Gasteiger partial charge in [0.15, 0.2) is 0 Å². The van der Waals surface area contributed by atoms with Gasteiger partial charge in [0, 0.05) is 49.5 Å². The van der Waals surface area contributed by atoms with Crippen LogP contribution in [0.1, 0.15) is 25.3 Å². The van der Waals surface area contributed by atoms with E-state index in [1.807, 2.05) is 12.4 Å². The van der Waals surface area contributed by atoms with E-state index in [1.165, 1.54) is 5.56 Å². The van der Waals surface area contributed by atoms with Gasteiger partial charge in [0.05, 0.1) is 12.7 Å². The molecular weight excluding hydrogens is 320 g/mol. The van der Waals surface area contributed by atoms with Crippen molar-refractivity contribution in [2.24, 2.45) is 0 Å². The summed E-state index contributed by atoms with van der Waals surface area (Å²) in [7, 11) is 0. The van der Waals surface area contributed by atoms with Crippen LogP contribution in [0.15, 0.2) is 22.9 Å². The standard InChI is InChI=1S/C15H21BrN2O2/c1-2-14-9-18(8-12-5-13(16)7-17-6-12)10-15(20-14)3-4-19-11-15/h5-7,14H,2-4,8-11H2,1H3/t14-,15-/m0/s1. The van der Waals surface area contributed by atoms with E-state index in [1.54, 1.807) is 0 Å². The number of aromatic nitrogens is 1. The number of morpholine rings is 1. The number of hydrogen-bond acceptors (Lipinski definition) is 4. The molecule has 3 heterocycles. The number of rotatable bonds is 3. The van der Waals surface area contributed by atoms with Crippen LogP contribution in [0.2, 0.25) is 0 Å². The average Bonchev–Trinajstić information content (AvgIpc) is 2.86. The maximum Gasteiger partial charge on any atom is 0.107 e. The maximum absolute atomic E-state index is 6.28. The first-order valence-electron chi connectivity index (χ1n) is 7.26. The monoisotopic (exact) mass is 340 g/mol. The highest BCUT2D eigenvalue weighted by Crippen LogP contribution is 2.31. The highest BCUT2D eigenvalue weighted by Gasteiger charge is 2.43. The SMILES string of the molecule is CC[C@H]1CN(Cc2cncc(Br)c2)C[C@]2(CCOC2)O1. The second kappa shape index (κ2) is 6.10. The van der Waals surface area contributed by atoms with Crippen molar-refractivity contribution in [1.82, 2.24) is 9.88 Å². The molecule has 2 saturated heterocycles. The zero-order valence-electron chi connectivity index (χ0n) is 11.8. The van der Waals surface area contributed by atoms with Gasteiger partial charge in [0.1, 0.15) is 5.60 Å². The third kappa shape index (κ3) is 3.22. The molecule has 0 radical (unpaired) electrons. The zero-order chi connectivity index (χ0) is 14.0. The molecule has 0 amide bonds. The second-order valence-electron chi connectivity index (χ2n) is 5.81. The van der Waals surface area contributed by atoms with Crippen LogP contribution in [0.4, 0.5) is 0 Å². The van der Waals surface area contributed by atoms with Gasteiger partial charge in [-0.3, -0.25) is 9.88 Å². The molecule has 20 heavy (non-hydrogen) atoms. The molecule has 2 atom stereocenters. The van der Waals surface area contributed by atoms with Gasteiger partial charge in [-0.15, -0.1) is 0 Å². The Hall–Kier alpha value is -0.490. The summed E-state index contributed by atoms with van der Waals surface area (Å²) in [5.74, 6) is 0. The van der Waals surface area contributed by atoms with Crippen molar-refractivity contribution in [3.8, 4) is 0 Å². The molecule has 0 bridgehead atoms. The molecule has 2 fully saturated rings. The highest BCUT2D eigenvalue weighted by molar-refractivity contribution is 9.10. The second-order valence-corrected chi connectivity index (χ2v) is 6.73. The van der Waals surface area contributed by atoms with Crippen LogP contribution >= 0.6 is 15.9 Å². The quantitative estimate of drug-likeness (QED) is 0.847. The predicted molar refractivity (Wildman–Crippen MR) is 80.5 cm³/mol. The van der Waals surface area contributed by atoms with Crippen LogP contribution < -0.4 is 0 Å². The minimum Gasteiger partial charge on any atom is -0.378 e. The molecular formula is C15H21BrN2O2. The normalized spacial score (nSPS) is 31.0.